The van der Waals surface area contributed by atoms with Gasteiger partial charge in [-0.3, -0.25) is 24.7 Å². The lowest BCUT2D eigenvalue weighted by Crippen LogP contribution is -2.52. The van der Waals surface area contributed by atoms with Crippen molar-refractivity contribution in [1.29, 1.82) is 0 Å². The SMILES string of the molecule is Cc1cc(C)c2csc(C(=O)NC3CCC(=O)NC3=O)c2n1. The van der Waals surface area contributed by atoms with Crippen LogP contribution in [-0.4, -0.2) is 28.7 Å². The van der Waals surface area contributed by atoms with Gasteiger partial charge in [0.15, 0.2) is 0 Å². The second-order valence-corrected chi connectivity index (χ2v) is 6.26. The van der Waals surface area contributed by atoms with Gasteiger partial charge in [-0.2, -0.15) is 0 Å². The van der Waals surface area contributed by atoms with Crippen LogP contribution in [-0.2, 0) is 9.59 Å². The van der Waals surface area contributed by atoms with Crippen LogP contribution in [0.1, 0.15) is 33.8 Å². The largest absolute Gasteiger partial charge is 0.339 e. The normalized spacial score (nSPS) is 18.4. The summed E-state index contributed by atoms with van der Waals surface area (Å²) in [6, 6.07) is 1.30. The Morgan fingerprint density at radius 2 is 2.18 bits per heavy atom. The first-order valence-corrected chi connectivity index (χ1v) is 7.83. The molecule has 1 aliphatic heterocycles. The number of rotatable bonds is 2. The average molecular weight is 317 g/mol. The smallest absolute Gasteiger partial charge is 0.264 e. The Hall–Kier alpha value is -2.28. The topological polar surface area (TPSA) is 88.2 Å². The van der Waals surface area contributed by atoms with Crippen molar-refractivity contribution in [3.8, 4) is 0 Å². The Kier molecular flexibility index (Phi) is 3.66. The van der Waals surface area contributed by atoms with E-state index in [9.17, 15) is 14.4 Å². The van der Waals surface area contributed by atoms with Crippen LogP contribution in [0.2, 0.25) is 0 Å². The quantitative estimate of drug-likeness (QED) is 0.821. The van der Waals surface area contributed by atoms with Crippen molar-refractivity contribution < 1.29 is 14.4 Å². The third-order valence-electron chi connectivity index (χ3n) is 3.65. The number of carbonyl (C=O) groups is 3. The van der Waals surface area contributed by atoms with E-state index in [0.29, 0.717) is 16.8 Å². The average Bonchev–Trinajstić information content (AvgIpc) is 2.86. The molecule has 7 heteroatoms. The van der Waals surface area contributed by atoms with Crippen molar-refractivity contribution in [3.63, 3.8) is 0 Å². The summed E-state index contributed by atoms with van der Waals surface area (Å²) in [5.74, 6) is -1.08. The number of nitrogens with zero attached hydrogens (tertiary/aromatic N) is 1. The van der Waals surface area contributed by atoms with Gasteiger partial charge in [0.05, 0.1) is 5.52 Å². The molecule has 0 radical (unpaired) electrons. The summed E-state index contributed by atoms with van der Waals surface area (Å²) in [6.07, 6.45) is 0.559. The summed E-state index contributed by atoms with van der Waals surface area (Å²) in [5, 5.41) is 7.77. The number of aryl methyl sites for hydroxylation is 2. The van der Waals surface area contributed by atoms with Crippen LogP contribution < -0.4 is 10.6 Å². The number of hydrogen-bond acceptors (Lipinski definition) is 5. The molecule has 2 N–H and O–H groups in total. The van der Waals surface area contributed by atoms with Crippen molar-refractivity contribution in [1.82, 2.24) is 15.6 Å². The maximum atomic E-state index is 12.4. The van der Waals surface area contributed by atoms with Gasteiger partial charge in [0.2, 0.25) is 11.8 Å². The zero-order chi connectivity index (χ0) is 15.9. The third kappa shape index (κ3) is 2.59. The van der Waals surface area contributed by atoms with E-state index in [2.05, 4.69) is 15.6 Å². The second kappa shape index (κ2) is 5.49. The number of carbonyl (C=O) groups excluding carboxylic acids is 3. The predicted octanol–water partition coefficient (Wildman–Crippen LogP) is 1.45. The van der Waals surface area contributed by atoms with Gasteiger partial charge in [-0.05, 0) is 31.9 Å². The third-order valence-corrected chi connectivity index (χ3v) is 4.62. The van der Waals surface area contributed by atoms with Crippen LogP contribution in [0, 0.1) is 13.8 Å². The first-order chi connectivity index (χ1) is 10.5. The second-order valence-electron chi connectivity index (χ2n) is 5.38. The molecule has 3 rings (SSSR count). The fourth-order valence-corrected chi connectivity index (χ4v) is 3.52. The molecule has 0 aliphatic carbocycles. The summed E-state index contributed by atoms with van der Waals surface area (Å²) in [7, 11) is 0. The molecule has 1 fully saturated rings. The van der Waals surface area contributed by atoms with E-state index >= 15 is 0 Å². The maximum absolute atomic E-state index is 12.4. The molecule has 0 saturated carbocycles. The summed E-state index contributed by atoms with van der Waals surface area (Å²) < 4.78 is 0. The minimum Gasteiger partial charge on any atom is -0.339 e. The van der Waals surface area contributed by atoms with E-state index in [0.717, 1.165) is 16.6 Å². The number of thiophene rings is 1. The minimum atomic E-state index is -0.673. The van der Waals surface area contributed by atoms with Gasteiger partial charge in [0.1, 0.15) is 10.9 Å². The monoisotopic (exact) mass is 317 g/mol. The molecule has 2 aromatic heterocycles. The predicted molar refractivity (Wildman–Crippen MR) is 82.7 cm³/mol. The zero-order valence-electron chi connectivity index (χ0n) is 12.2. The number of amides is 3. The van der Waals surface area contributed by atoms with Crippen molar-refractivity contribution >= 4 is 40.0 Å². The number of aromatic nitrogens is 1. The molecule has 1 atom stereocenters. The standard InChI is InChI=1S/C15H15N3O3S/c1-7-5-8(2)16-12-9(7)6-22-13(12)15(21)17-10-3-4-11(19)18-14(10)20/h5-6,10H,3-4H2,1-2H3,(H,17,21)(H,18,19,20). The molecule has 3 amide bonds. The fourth-order valence-electron chi connectivity index (χ4n) is 2.56. The van der Waals surface area contributed by atoms with E-state index in [1.807, 2.05) is 25.3 Å². The molecule has 0 bridgehead atoms. The highest BCUT2D eigenvalue weighted by Crippen LogP contribution is 2.27. The van der Waals surface area contributed by atoms with Crippen LogP contribution in [0.25, 0.3) is 10.9 Å². The van der Waals surface area contributed by atoms with Gasteiger partial charge in [-0.1, -0.05) is 0 Å². The highest BCUT2D eigenvalue weighted by molar-refractivity contribution is 7.13. The summed E-state index contributed by atoms with van der Waals surface area (Å²) in [6.45, 7) is 3.86. The summed E-state index contributed by atoms with van der Waals surface area (Å²) in [5.41, 5.74) is 2.57. The summed E-state index contributed by atoms with van der Waals surface area (Å²) in [4.78, 5) is 40.2. The van der Waals surface area contributed by atoms with Gasteiger partial charge >= 0.3 is 0 Å². The molecule has 0 aromatic carbocycles. The summed E-state index contributed by atoms with van der Waals surface area (Å²) >= 11 is 1.31. The number of fused-ring (bicyclic) bond motifs is 1. The van der Waals surface area contributed by atoms with Crippen LogP contribution in [0.15, 0.2) is 11.4 Å². The lowest BCUT2D eigenvalue weighted by molar-refractivity contribution is -0.134. The Labute approximate surface area is 130 Å². The fraction of sp³-hybridized carbons (Fsp3) is 0.333. The van der Waals surface area contributed by atoms with Crippen LogP contribution in [0.4, 0.5) is 0 Å². The molecular formula is C15H15N3O3S. The molecule has 1 saturated heterocycles. The van der Waals surface area contributed by atoms with Crippen molar-refractivity contribution in [2.24, 2.45) is 0 Å². The molecule has 114 valence electrons. The van der Waals surface area contributed by atoms with Crippen molar-refractivity contribution in [2.75, 3.05) is 0 Å². The van der Waals surface area contributed by atoms with Gasteiger partial charge in [-0.15, -0.1) is 11.3 Å². The molecule has 0 spiro atoms. The molecule has 6 nitrogen and oxygen atoms in total. The Morgan fingerprint density at radius 3 is 2.91 bits per heavy atom. The molecule has 22 heavy (non-hydrogen) atoms. The Bertz CT molecular complexity index is 797. The van der Waals surface area contributed by atoms with E-state index in [1.165, 1.54) is 11.3 Å². The van der Waals surface area contributed by atoms with Gasteiger partial charge < -0.3 is 5.32 Å². The first-order valence-electron chi connectivity index (χ1n) is 6.95. The van der Waals surface area contributed by atoms with E-state index in [-0.39, 0.29) is 18.2 Å². The lowest BCUT2D eigenvalue weighted by atomic mass is 10.1. The lowest BCUT2D eigenvalue weighted by Gasteiger charge is -2.21. The van der Waals surface area contributed by atoms with Gasteiger partial charge in [-0.25, -0.2) is 0 Å². The Balaban J connectivity index is 1.87. The van der Waals surface area contributed by atoms with Gasteiger partial charge in [0, 0.05) is 22.9 Å². The number of hydrogen-bond donors (Lipinski definition) is 2. The van der Waals surface area contributed by atoms with Crippen molar-refractivity contribution in [2.45, 2.75) is 32.7 Å². The molecule has 2 aromatic rings. The van der Waals surface area contributed by atoms with E-state index in [4.69, 9.17) is 0 Å². The minimum absolute atomic E-state index is 0.234. The Morgan fingerprint density at radius 1 is 1.41 bits per heavy atom. The molecular weight excluding hydrogens is 302 g/mol. The maximum Gasteiger partial charge on any atom is 0.264 e. The van der Waals surface area contributed by atoms with Gasteiger partial charge in [0.25, 0.3) is 5.91 Å². The van der Waals surface area contributed by atoms with E-state index < -0.39 is 11.9 Å². The number of pyridine rings is 1. The highest BCUT2D eigenvalue weighted by atomic mass is 32.1. The molecule has 1 unspecified atom stereocenters. The van der Waals surface area contributed by atoms with E-state index in [1.54, 1.807) is 0 Å². The van der Waals surface area contributed by atoms with Crippen molar-refractivity contribution in [3.05, 3.63) is 27.6 Å². The number of nitrogens with one attached hydrogen (secondary N) is 2. The first kappa shape index (κ1) is 14.6. The van der Waals surface area contributed by atoms with Crippen LogP contribution in [0.3, 0.4) is 0 Å². The molecule has 3 heterocycles. The highest BCUT2D eigenvalue weighted by Gasteiger charge is 2.29. The zero-order valence-corrected chi connectivity index (χ0v) is 13.0. The number of imide groups is 1. The van der Waals surface area contributed by atoms with Crippen LogP contribution >= 0.6 is 11.3 Å². The molecule has 1 aliphatic rings. The van der Waals surface area contributed by atoms with Crippen LogP contribution in [0.5, 0.6) is 0 Å². The number of piperidine rings is 1.